The number of hydrogen-bond donors (Lipinski definition) is 2. The Morgan fingerprint density at radius 3 is 2.48 bits per heavy atom. The monoisotopic (exact) mass is 361 g/mol. The lowest BCUT2D eigenvalue weighted by molar-refractivity contribution is -0.137. The number of hydrogen-bond acceptors (Lipinski definition) is 3. The van der Waals surface area contributed by atoms with Crippen LogP contribution in [0.4, 0.5) is 0 Å². The molecule has 2 aromatic rings. The van der Waals surface area contributed by atoms with Crippen LogP contribution in [-0.4, -0.2) is 23.6 Å². The summed E-state index contributed by atoms with van der Waals surface area (Å²) < 4.78 is 5.56. The standard InChI is InChI=1S/C19H20ClNO4/c1-12-3-4-13(2)17(9-12)25-11-18(22)21-16(10-19(23)24)14-5-7-15(20)8-6-14/h3-9,16H,10-11H2,1-2H3,(H,21,22)(H,23,24)/t16-/m0/s1. The van der Waals surface area contributed by atoms with E-state index in [1.54, 1.807) is 24.3 Å². The molecule has 0 heterocycles. The van der Waals surface area contributed by atoms with Gasteiger partial charge >= 0.3 is 5.97 Å². The van der Waals surface area contributed by atoms with E-state index in [4.69, 9.17) is 21.4 Å². The molecular formula is C19H20ClNO4. The molecule has 2 aromatic carbocycles. The molecule has 0 bridgehead atoms. The highest BCUT2D eigenvalue weighted by Crippen LogP contribution is 2.21. The van der Waals surface area contributed by atoms with Crippen LogP contribution in [0.25, 0.3) is 0 Å². The van der Waals surface area contributed by atoms with Crippen LogP contribution in [-0.2, 0) is 9.59 Å². The second kappa shape index (κ2) is 8.53. The molecule has 0 unspecified atom stereocenters. The van der Waals surface area contributed by atoms with Gasteiger partial charge in [-0.05, 0) is 48.7 Å². The minimum Gasteiger partial charge on any atom is -0.483 e. The molecule has 0 fully saturated rings. The zero-order valence-electron chi connectivity index (χ0n) is 14.1. The van der Waals surface area contributed by atoms with Crippen molar-refractivity contribution in [3.63, 3.8) is 0 Å². The molecule has 1 atom stereocenters. The van der Waals surface area contributed by atoms with Crippen LogP contribution >= 0.6 is 11.6 Å². The smallest absolute Gasteiger partial charge is 0.305 e. The van der Waals surface area contributed by atoms with Crippen LogP contribution < -0.4 is 10.1 Å². The maximum absolute atomic E-state index is 12.2. The van der Waals surface area contributed by atoms with Gasteiger partial charge in [-0.2, -0.15) is 0 Å². The fraction of sp³-hybridized carbons (Fsp3) is 0.263. The Labute approximate surface area is 151 Å². The summed E-state index contributed by atoms with van der Waals surface area (Å²) >= 11 is 5.85. The number of rotatable bonds is 7. The molecule has 0 aliphatic heterocycles. The largest absolute Gasteiger partial charge is 0.483 e. The van der Waals surface area contributed by atoms with Crippen molar-refractivity contribution in [2.75, 3.05) is 6.61 Å². The number of benzene rings is 2. The maximum atomic E-state index is 12.2. The highest BCUT2D eigenvalue weighted by molar-refractivity contribution is 6.30. The zero-order chi connectivity index (χ0) is 18.4. The van der Waals surface area contributed by atoms with E-state index in [2.05, 4.69) is 5.32 Å². The van der Waals surface area contributed by atoms with Crippen molar-refractivity contribution >= 4 is 23.5 Å². The van der Waals surface area contributed by atoms with E-state index >= 15 is 0 Å². The van der Waals surface area contributed by atoms with Gasteiger partial charge in [0.05, 0.1) is 12.5 Å². The summed E-state index contributed by atoms with van der Waals surface area (Å²) in [6.07, 6.45) is -0.225. The average molecular weight is 362 g/mol. The van der Waals surface area contributed by atoms with Crippen LogP contribution in [0.2, 0.25) is 5.02 Å². The third-order valence-electron chi connectivity index (χ3n) is 3.69. The summed E-state index contributed by atoms with van der Waals surface area (Å²) in [5.41, 5.74) is 2.64. The number of carbonyl (C=O) groups is 2. The van der Waals surface area contributed by atoms with Crippen LogP contribution in [0, 0.1) is 13.8 Å². The van der Waals surface area contributed by atoms with Crippen molar-refractivity contribution in [2.45, 2.75) is 26.3 Å². The molecule has 0 aliphatic rings. The number of aryl methyl sites for hydroxylation is 2. The van der Waals surface area contributed by atoms with E-state index in [1.165, 1.54) is 0 Å². The second-order valence-corrected chi connectivity index (χ2v) is 6.26. The number of carbonyl (C=O) groups excluding carboxylic acids is 1. The molecule has 0 saturated carbocycles. The predicted octanol–water partition coefficient (Wildman–Crippen LogP) is 3.67. The molecule has 2 N–H and O–H groups in total. The van der Waals surface area contributed by atoms with Crippen molar-refractivity contribution in [1.82, 2.24) is 5.32 Å². The van der Waals surface area contributed by atoms with Crippen LogP contribution in [0.5, 0.6) is 5.75 Å². The van der Waals surface area contributed by atoms with E-state index in [9.17, 15) is 9.59 Å². The molecular weight excluding hydrogens is 342 g/mol. The lowest BCUT2D eigenvalue weighted by Crippen LogP contribution is -2.33. The summed E-state index contributed by atoms with van der Waals surface area (Å²) in [7, 11) is 0. The van der Waals surface area contributed by atoms with Gasteiger partial charge in [0.15, 0.2) is 6.61 Å². The number of aliphatic carboxylic acids is 1. The van der Waals surface area contributed by atoms with Crippen molar-refractivity contribution in [3.05, 3.63) is 64.2 Å². The molecule has 0 aliphatic carbocycles. The van der Waals surface area contributed by atoms with E-state index < -0.39 is 12.0 Å². The van der Waals surface area contributed by atoms with Gasteiger partial charge in [-0.3, -0.25) is 9.59 Å². The molecule has 6 heteroatoms. The third-order valence-corrected chi connectivity index (χ3v) is 3.94. The Hall–Kier alpha value is -2.53. The third kappa shape index (κ3) is 5.80. The molecule has 132 valence electrons. The SMILES string of the molecule is Cc1ccc(C)c(OCC(=O)N[C@@H](CC(=O)O)c2ccc(Cl)cc2)c1. The van der Waals surface area contributed by atoms with E-state index in [1.807, 2.05) is 32.0 Å². The van der Waals surface area contributed by atoms with Crippen LogP contribution in [0.3, 0.4) is 0 Å². The van der Waals surface area contributed by atoms with Gasteiger partial charge in [0.1, 0.15) is 5.75 Å². The molecule has 0 aromatic heterocycles. The lowest BCUT2D eigenvalue weighted by atomic mass is 10.0. The first-order valence-corrected chi connectivity index (χ1v) is 8.19. The topological polar surface area (TPSA) is 75.6 Å². The van der Waals surface area contributed by atoms with Gasteiger partial charge in [-0.15, -0.1) is 0 Å². The van der Waals surface area contributed by atoms with E-state index in [0.717, 1.165) is 11.1 Å². The number of amides is 1. The van der Waals surface area contributed by atoms with Gasteiger partial charge < -0.3 is 15.2 Å². The number of ether oxygens (including phenoxy) is 1. The minimum atomic E-state index is -1.00. The molecule has 1 amide bonds. The summed E-state index contributed by atoms with van der Waals surface area (Å²) in [6, 6.07) is 11.8. The van der Waals surface area contributed by atoms with Gasteiger partial charge in [0.2, 0.25) is 0 Å². The Bertz CT molecular complexity index is 759. The van der Waals surface area contributed by atoms with Crippen LogP contribution in [0.1, 0.15) is 29.2 Å². The molecule has 0 saturated heterocycles. The van der Waals surface area contributed by atoms with Crippen molar-refractivity contribution < 1.29 is 19.4 Å². The molecule has 2 rings (SSSR count). The summed E-state index contributed by atoms with van der Waals surface area (Å²) in [5.74, 6) is -0.755. The molecule has 0 spiro atoms. The maximum Gasteiger partial charge on any atom is 0.305 e. The van der Waals surface area contributed by atoms with Gasteiger partial charge in [-0.1, -0.05) is 35.9 Å². The molecule has 5 nitrogen and oxygen atoms in total. The summed E-state index contributed by atoms with van der Waals surface area (Å²) in [4.78, 5) is 23.3. The lowest BCUT2D eigenvalue weighted by Gasteiger charge is -2.18. The predicted molar refractivity (Wildman–Crippen MR) is 96.0 cm³/mol. The first-order valence-electron chi connectivity index (χ1n) is 7.82. The fourth-order valence-corrected chi connectivity index (χ4v) is 2.49. The highest BCUT2D eigenvalue weighted by Gasteiger charge is 2.18. The Morgan fingerprint density at radius 1 is 1.16 bits per heavy atom. The number of carboxylic acid groups (broad SMARTS) is 1. The van der Waals surface area contributed by atoms with Crippen molar-refractivity contribution in [2.24, 2.45) is 0 Å². The molecule has 25 heavy (non-hydrogen) atoms. The zero-order valence-corrected chi connectivity index (χ0v) is 14.8. The van der Waals surface area contributed by atoms with Crippen molar-refractivity contribution in [1.29, 1.82) is 0 Å². The Balaban J connectivity index is 2.02. The van der Waals surface area contributed by atoms with Gasteiger partial charge in [-0.25, -0.2) is 0 Å². The minimum absolute atomic E-state index is 0.187. The van der Waals surface area contributed by atoms with Crippen molar-refractivity contribution in [3.8, 4) is 5.75 Å². The van der Waals surface area contributed by atoms with E-state index in [-0.39, 0.29) is 18.9 Å². The Kier molecular flexibility index (Phi) is 6.42. The van der Waals surface area contributed by atoms with Gasteiger partial charge in [0.25, 0.3) is 5.91 Å². The first kappa shape index (κ1) is 18.8. The van der Waals surface area contributed by atoms with E-state index in [0.29, 0.717) is 16.3 Å². The van der Waals surface area contributed by atoms with Crippen LogP contribution in [0.15, 0.2) is 42.5 Å². The number of carboxylic acids is 1. The summed E-state index contributed by atoms with van der Waals surface area (Å²) in [6.45, 7) is 3.65. The quantitative estimate of drug-likeness (QED) is 0.789. The number of nitrogens with one attached hydrogen (secondary N) is 1. The Morgan fingerprint density at radius 2 is 1.84 bits per heavy atom. The fourth-order valence-electron chi connectivity index (χ4n) is 2.36. The first-order chi connectivity index (χ1) is 11.8. The summed E-state index contributed by atoms with van der Waals surface area (Å²) in [5, 5.41) is 12.3. The normalized spacial score (nSPS) is 11.6. The second-order valence-electron chi connectivity index (χ2n) is 5.83. The highest BCUT2D eigenvalue weighted by atomic mass is 35.5. The molecule has 0 radical (unpaired) electrons. The average Bonchev–Trinajstić information content (AvgIpc) is 2.55. The number of halogens is 1. The van der Waals surface area contributed by atoms with Gasteiger partial charge in [0, 0.05) is 5.02 Å².